The Morgan fingerprint density at radius 2 is 1.97 bits per heavy atom. The van der Waals surface area contributed by atoms with Crippen molar-refractivity contribution < 1.29 is 23.9 Å². The second-order valence-corrected chi connectivity index (χ2v) is 8.26. The molecule has 2 N–H and O–H groups in total. The van der Waals surface area contributed by atoms with Gasteiger partial charge >= 0.3 is 6.03 Å². The highest BCUT2D eigenvalue weighted by atomic mass is 16.7. The van der Waals surface area contributed by atoms with E-state index in [0.717, 1.165) is 36.1 Å². The van der Waals surface area contributed by atoms with Gasteiger partial charge in [0.15, 0.2) is 11.5 Å². The van der Waals surface area contributed by atoms with E-state index in [1.807, 2.05) is 19.1 Å². The molecule has 4 amide bonds. The molecule has 1 aromatic rings. The van der Waals surface area contributed by atoms with Crippen molar-refractivity contribution in [2.45, 2.75) is 57.5 Å². The van der Waals surface area contributed by atoms with Crippen LogP contribution in [0.1, 0.15) is 57.6 Å². The molecule has 8 nitrogen and oxygen atoms in total. The molecule has 1 aromatic carbocycles. The maximum Gasteiger partial charge on any atom is 0.325 e. The van der Waals surface area contributed by atoms with Gasteiger partial charge in [-0.25, -0.2) is 4.79 Å². The maximum absolute atomic E-state index is 13.0. The van der Waals surface area contributed by atoms with Crippen molar-refractivity contribution in [3.63, 3.8) is 0 Å². The quantitative estimate of drug-likeness (QED) is 0.739. The Balaban J connectivity index is 1.39. The number of hydrogen-bond acceptors (Lipinski definition) is 5. The first-order valence-corrected chi connectivity index (χ1v) is 10.2. The van der Waals surface area contributed by atoms with Crippen LogP contribution in [0.3, 0.4) is 0 Å². The van der Waals surface area contributed by atoms with Crippen molar-refractivity contribution in [2.24, 2.45) is 5.92 Å². The lowest BCUT2D eigenvalue weighted by molar-refractivity contribution is -0.136. The number of imide groups is 1. The molecule has 1 saturated carbocycles. The molecule has 8 heteroatoms. The number of carbonyl (C=O) groups is 3. The molecular formula is C21H27N3O5. The zero-order valence-electron chi connectivity index (χ0n) is 16.8. The molecule has 1 aliphatic carbocycles. The minimum atomic E-state index is -0.916. The molecule has 2 atom stereocenters. The van der Waals surface area contributed by atoms with Crippen LogP contribution in [0, 0.1) is 5.92 Å². The number of fused-ring (bicyclic) bond motifs is 1. The molecule has 0 spiro atoms. The van der Waals surface area contributed by atoms with Crippen LogP contribution in [-0.4, -0.2) is 41.6 Å². The summed E-state index contributed by atoms with van der Waals surface area (Å²) in [5.41, 5.74) is -0.0624. The van der Waals surface area contributed by atoms with Crippen LogP contribution in [0.5, 0.6) is 11.5 Å². The second-order valence-electron chi connectivity index (χ2n) is 8.26. The number of hydrogen-bond donors (Lipinski definition) is 2. The van der Waals surface area contributed by atoms with Crippen molar-refractivity contribution in [1.82, 2.24) is 15.5 Å². The summed E-state index contributed by atoms with van der Waals surface area (Å²) >= 11 is 0. The third-order valence-electron chi connectivity index (χ3n) is 6.30. The van der Waals surface area contributed by atoms with Crippen molar-refractivity contribution >= 4 is 17.8 Å². The summed E-state index contributed by atoms with van der Waals surface area (Å²) in [6.07, 6.45) is 5.14. The summed E-state index contributed by atoms with van der Waals surface area (Å²) in [5.74, 6) is 0.745. The number of nitrogens with one attached hydrogen (secondary N) is 2. The van der Waals surface area contributed by atoms with Gasteiger partial charge in [0.25, 0.3) is 5.91 Å². The highest BCUT2D eigenvalue weighted by molar-refractivity contribution is 6.09. The average molecular weight is 401 g/mol. The minimum Gasteiger partial charge on any atom is -0.454 e. The van der Waals surface area contributed by atoms with Crippen molar-refractivity contribution in [3.05, 3.63) is 23.8 Å². The fourth-order valence-corrected chi connectivity index (χ4v) is 4.51. The standard InChI is InChI=1S/C21H27N3O5/c1-13(14-8-9-16-17(10-14)29-12-28-16)22-18(25)11-24-19(26)21(2,23-20(24)27)15-6-4-3-5-7-15/h8-10,13,15H,3-7,11-12H2,1-2H3,(H,22,25)(H,23,27)/t13-,21+/m1/s1. The zero-order valence-corrected chi connectivity index (χ0v) is 16.8. The van der Waals surface area contributed by atoms with Crippen molar-refractivity contribution in [3.8, 4) is 11.5 Å². The Labute approximate surface area is 169 Å². The molecule has 2 fully saturated rings. The smallest absolute Gasteiger partial charge is 0.325 e. The van der Waals surface area contributed by atoms with Gasteiger partial charge in [-0.05, 0) is 50.3 Å². The molecule has 2 aliphatic heterocycles. The van der Waals surface area contributed by atoms with Crippen LogP contribution in [0.25, 0.3) is 0 Å². The molecule has 0 bridgehead atoms. The van der Waals surface area contributed by atoms with Gasteiger partial charge in [-0.3, -0.25) is 14.5 Å². The normalized spacial score (nSPS) is 25.1. The summed E-state index contributed by atoms with van der Waals surface area (Å²) in [5, 5.41) is 5.70. The fraction of sp³-hybridized carbons (Fsp3) is 0.571. The van der Waals surface area contributed by atoms with E-state index < -0.39 is 11.6 Å². The van der Waals surface area contributed by atoms with Gasteiger partial charge < -0.3 is 20.1 Å². The fourth-order valence-electron chi connectivity index (χ4n) is 4.51. The van der Waals surface area contributed by atoms with E-state index in [2.05, 4.69) is 10.6 Å². The largest absolute Gasteiger partial charge is 0.454 e. The van der Waals surface area contributed by atoms with Gasteiger partial charge in [0.05, 0.1) is 6.04 Å². The number of urea groups is 1. The molecule has 156 valence electrons. The summed E-state index contributed by atoms with van der Waals surface area (Å²) in [4.78, 5) is 39.0. The topological polar surface area (TPSA) is 97.0 Å². The van der Waals surface area contributed by atoms with Crippen LogP contribution >= 0.6 is 0 Å². The molecule has 0 radical (unpaired) electrons. The van der Waals surface area contributed by atoms with Gasteiger partial charge in [-0.15, -0.1) is 0 Å². The van der Waals surface area contributed by atoms with Crippen molar-refractivity contribution in [1.29, 1.82) is 0 Å². The van der Waals surface area contributed by atoms with E-state index >= 15 is 0 Å². The molecule has 0 aromatic heterocycles. The van der Waals surface area contributed by atoms with Gasteiger partial charge in [0.2, 0.25) is 12.7 Å². The van der Waals surface area contributed by atoms with E-state index in [0.29, 0.717) is 11.5 Å². The SMILES string of the molecule is C[C@@H](NC(=O)CN1C(=O)N[C@@](C)(C2CCCCC2)C1=O)c1ccc2c(c1)OCO2. The summed E-state index contributed by atoms with van der Waals surface area (Å²) < 4.78 is 10.7. The first kappa shape index (κ1) is 19.5. The Morgan fingerprint density at radius 1 is 1.24 bits per heavy atom. The molecule has 0 unspecified atom stereocenters. The zero-order chi connectivity index (χ0) is 20.6. The molecule has 3 aliphatic rings. The number of amides is 4. The third-order valence-corrected chi connectivity index (χ3v) is 6.30. The monoisotopic (exact) mass is 401 g/mol. The van der Waals surface area contributed by atoms with Crippen LogP contribution in [0.4, 0.5) is 4.79 Å². The number of rotatable bonds is 5. The van der Waals surface area contributed by atoms with Gasteiger partial charge in [-0.1, -0.05) is 25.3 Å². The van der Waals surface area contributed by atoms with Crippen LogP contribution in [-0.2, 0) is 9.59 Å². The first-order chi connectivity index (χ1) is 13.9. The van der Waals surface area contributed by atoms with E-state index in [1.165, 1.54) is 6.42 Å². The summed E-state index contributed by atoms with van der Waals surface area (Å²) in [7, 11) is 0. The van der Waals surface area contributed by atoms with E-state index in [4.69, 9.17) is 9.47 Å². The minimum absolute atomic E-state index is 0.119. The van der Waals surface area contributed by atoms with Gasteiger partial charge in [0, 0.05) is 0 Å². The molecular weight excluding hydrogens is 374 g/mol. The van der Waals surface area contributed by atoms with E-state index in [9.17, 15) is 14.4 Å². The Morgan fingerprint density at radius 3 is 2.72 bits per heavy atom. The Bertz CT molecular complexity index is 836. The molecule has 1 saturated heterocycles. The van der Waals surface area contributed by atoms with Crippen LogP contribution < -0.4 is 20.1 Å². The summed E-state index contributed by atoms with van der Waals surface area (Å²) in [6.45, 7) is 3.52. The predicted molar refractivity (Wildman–Crippen MR) is 104 cm³/mol. The lowest BCUT2D eigenvalue weighted by atomic mass is 9.75. The van der Waals surface area contributed by atoms with Gasteiger partial charge in [-0.2, -0.15) is 0 Å². The van der Waals surface area contributed by atoms with Crippen LogP contribution in [0.15, 0.2) is 18.2 Å². The molecule has 2 heterocycles. The molecule has 29 heavy (non-hydrogen) atoms. The third kappa shape index (κ3) is 3.63. The average Bonchev–Trinajstić information content (AvgIpc) is 3.27. The number of carbonyl (C=O) groups excluding carboxylic acids is 3. The van der Waals surface area contributed by atoms with E-state index in [-0.39, 0.29) is 37.1 Å². The first-order valence-electron chi connectivity index (χ1n) is 10.2. The van der Waals surface area contributed by atoms with Gasteiger partial charge in [0.1, 0.15) is 12.1 Å². The Kier molecular flexibility index (Phi) is 5.10. The maximum atomic E-state index is 13.0. The number of nitrogens with zero attached hydrogens (tertiary/aromatic N) is 1. The summed E-state index contributed by atoms with van der Waals surface area (Å²) in [6, 6.07) is 4.68. The number of ether oxygens (including phenoxy) is 2. The highest BCUT2D eigenvalue weighted by Gasteiger charge is 2.52. The van der Waals surface area contributed by atoms with Crippen molar-refractivity contribution in [2.75, 3.05) is 13.3 Å². The highest BCUT2D eigenvalue weighted by Crippen LogP contribution is 2.36. The molecule has 4 rings (SSSR count). The lowest BCUT2D eigenvalue weighted by Gasteiger charge is -2.34. The lowest BCUT2D eigenvalue weighted by Crippen LogP contribution is -2.51. The van der Waals surface area contributed by atoms with E-state index in [1.54, 1.807) is 13.0 Å². The number of benzene rings is 1. The second kappa shape index (κ2) is 7.57. The Hall–Kier alpha value is -2.77. The van der Waals surface area contributed by atoms with Crippen LogP contribution in [0.2, 0.25) is 0 Å². The predicted octanol–water partition coefficient (Wildman–Crippen LogP) is 2.48.